The van der Waals surface area contributed by atoms with Crippen molar-refractivity contribution in [1.29, 1.82) is 5.41 Å². The molecule has 4 nitrogen and oxygen atoms in total. The Hall–Kier alpha value is -2.92. The van der Waals surface area contributed by atoms with Gasteiger partial charge in [-0.1, -0.05) is 47.5 Å². The van der Waals surface area contributed by atoms with Gasteiger partial charge in [-0.15, -0.1) is 11.3 Å². The molecule has 27 heavy (non-hydrogen) atoms. The molecule has 2 N–H and O–H groups in total. The number of aromatic nitrogens is 1. The highest BCUT2D eigenvalue weighted by Gasteiger charge is 2.31. The number of hydrogen-bond donors (Lipinski definition) is 2. The van der Waals surface area contributed by atoms with Crippen molar-refractivity contribution in [3.8, 4) is 11.3 Å². The summed E-state index contributed by atoms with van der Waals surface area (Å²) in [5, 5.41) is 21.9. The summed E-state index contributed by atoms with van der Waals surface area (Å²) in [6, 6.07) is 14.3. The Balaban J connectivity index is 1.65. The van der Waals surface area contributed by atoms with Gasteiger partial charge >= 0.3 is 0 Å². The Kier molecular flexibility index (Phi) is 4.32. The number of nitrogens with one attached hydrogen (secondary N) is 1. The number of amidine groups is 1. The van der Waals surface area contributed by atoms with Crippen molar-refractivity contribution in [3.05, 3.63) is 75.3 Å². The molecule has 1 aliphatic rings. The quantitative estimate of drug-likeness (QED) is 0.635. The normalized spacial score (nSPS) is 14.3. The van der Waals surface area contributed by atoms with E-state index in [1.807, 2.05) is 41.5 Å². The third-order valence-corrected chi connectivity index (χ3v) is 5.67. The molecule has 0 amide bonds. The molecule has 0 unspecified atom stereocenters. The lowest BCUT2D eigenvalue weighted by atomic mass is 10.1. The fraction of sp³-hybridized carbons (Fsp3) is 0.182. The lowest BCUT2D eigenvalue weighted by Crippen LogP contribution is -2.26. The van der Waals surface area contributed by atoms with Crippen LogP contribution in [-0.2, 0) is 0 Å². The van der Waals surface area contributed by atoms with Crippen LogP contribution in [-0.4, -0.2) is 22.5 Å². The first-order valence-corrected chi connectivity index (χ1v) is 9.71. The molecule has 1 aromatic heterocycles. The maximum absolute atomic E-state index is 10.6. The molecule has 0 spiro atoms. The second-order valence-electron chi connectivity index (χ2n) is 6.95. The van der Waals surface area contributed by atoms with Crippen molar-refractivity contribution >= 4 is 28.4 Å². The smallest absolute Gasteiger partial charge is 0.139 e. The predicted molar refractivity (Wildman–Crippen MR) is 113 cm³/mol. The number of nitrogens with zero attached hydrogens (tertiary/aromatic N) is 2. The zero-order valence-electron chi connectivity index (χ0n) is 15.6. The van der Waals surface area contributed by atoms with E-state index in [0.29, 0.717) is 23.0 Å². The first-order valence-electron chi connectivity index (χ1n) is 8.83. The third kappa shape index (κ3) is 3.15. The van der Waals surface area contributed by atoms with Gasteiger partial charge in [-0.3, -0.25) is 5.41 Å². The zero-order chi connectivity index (χ0) is 19.1. The molecule has 0 radical (unpaired) electrons. The van der Waals surface area contributed by atoms with E-state index in [4.69, 9.17) is 10.4 Å². The summed E-state index contributed by atoms with van der Waals surface area (Å²) < 4.78 is 0. The van der Waals surface area contributed by atoms with Gasteiger partial charge in [-0.2, -0.15) is 0 Å². The summed E-state index contributed by atoms with van der Waals surface area (Å²) in [6.07, 6.45) is 0. The fourth-order valence-electron chi connectivity index (χ4n) is 3.36. The van der Waals surface area contributed by atoms with Crippen LogP contribution < -0.4 is 4.90 Å². The topological polar surface area (TPSA) is 60.2 Å². The van der Waals surface area contributed by atoms with Gasteiger partial charge in [0.15, 0.2) is 0 Å². The Morgan fingerprint density at radius 1 is 1.04 bits per heavy atom. The first-order chi connectivity index (χ1) is 12.9. The van der Waals surface area contributed by atoms with E-state index in [9.17, 15) is 5.11 Å². The number of hydrogen-bond acceptors (Lipinski definition) is 4. The van der Waals surface area contributed by atoms with Crippen LogP contribution in [0.1, 0.15) is 21.7 Å². The second kappa shape index (κ2) is 6.67. The highest BCUT2D eigenvalue weighted by atomic mass is 32.1. The molecule has 0 saturated heterocycles. The van der Waals surface area contributed by atoms with Crippen LogP contribution in [0.15, 0.2) is 53.6 Å². The molecule has 3 aromatic rings. The maximum Gasteiger partial charge on any atom is 0.139 e. The highest BCUT2D eigenvalue weighted by Crippen LogP contribution is 2.35. The van der Waals surface area contributed by atoms with E-state index in [1.54, 1.807) is 0 Å². The van der Waals surface area contributed by atoms with Crippen LogP contribution in [0.3, 0.4) is 0 Å². The number of rotatable bonds is 3. The Morgan fingerprint density at radius 3 is 2.44 bits per heavy atom. The summed E-state index contributed by atoms with van der Waals surface area (Å²) in [6.45, 7) is 6.44. The molecule has 0 aliphatic carbocycles. The Bertz CT molecular complexity index is 1060. The van der Waals surface area contributed by atoms with Gasteiger partial charge in [0.1, 0.15) is 16.6 Å². The van der Waals surface area contributed by atoms with E-state index in [0.717, 1.165) is 22.5 Å². The average Bonchev–Trinajstić information content (AvgIpc) is 3.20. The van der Waals surface area contributed by atoms with E-state index < -0.39 is 0 Å². The molecule has 0 saturated carbocycles. The number of anilines is 1. The summed E-state index contributed by atoms with van der Waals surface area (Å²) in [5.74, 6) is 0.494. The van der Waals surface area contributed by atoms with Crippen LogP contribution in [0.2, 0.25) is 0 Å². The van der Waals surface area contributed by atoms with Crippen molar-refractivity contribution in [1.82, 2.24) is 4.98 Å². The molecule has 2 heterocycles. The molecule has 0 fully saturated rings. The first kappa shape index (κ1) is 17.5. The standard InChI is InChI=1S/C22H21N3OS/c1-13-4-7-16(8-5-13)17-12-27-22(24-17)20-19(26)11-25(21(20)23)18-9-6-14(2)10-15(18)3/h4-10,12,23,26H,11H2,1-3H3. The van der Waals surface area contributed by atoms with Crippen molar-refractivity contribution in [2.45, 2.75) is 20.8 Å². The van der Waals surface area contributed by atoms with Crippen molar-refractivity contribution in [3.63, 3.8) is 0 Å². The lowest BCUT2D eigenvalue weighted by Gasteiger charge is -2.21. The van der Waals surface area contributed by atoms with Crippen molar-refractivity contribution < 1.29 is 5.11 Å². The third-order valence-electron chi connectivity index (χ3n) is 4.81. The number of aliphatic hydroxyl groups is 1. The van der Waals surface area contributed by atoms with Gasteiger partial charge in [0.25, 0.3) is 0 Å². The molecule has 5 heteroatoms. The van der Waals surface area contributed by atoms with Crippen LogP contribution in [0.4, 0.5) is 5.69 Å². The predicted octanol–water partition coefficient (Wildman–Crippen LogP) is 5.50. The number of benzene rings is 2. The van der Waals surface area contributed by atoms with Crippen molar-refractivity contribution in [2.24, 2.45) is 0 Å². The molecule has 136 valence electrons. The largest absolute Gasteiger partial charge is 0.510 e. The van der Waals surface area contributed by atoms with Crippen LogP contribution >= 0.6 is 11.3 Å². The van der Waals surface area contributed by atoms with E-state index >= 15 is 0 Å². The molecule has 4 rings (SSSR count). The monoisotopic (exact) mass is 375 g/mol. The SMILES string of the molecule is Cc1ccc(-c2csc(C3=C(O)CN(c4ccc(C)cc4C)C3=N)n2)cc1. The molecular weight excluding hydrogens is 354 g/mol. The van der Waals surface area contributed by atoms with Gasteiger partial charge in [0.05, 0.1) is 17.8 Å². The van der Waals surface area contributed by atoms with Crippen LogP contribution in [0.25, 0.3) is 16.8 Å². The van der Waals surface area contributed by atoms with Gasteiger partial charge < -0.3 is 10.0 Å². The van der Waals surface area contributed by atoms with Gasteiger partial charge in [0.2, 0.25) is 0 Å². The summed E-state index contributed by atoms with van der Waals surface area (Å²) in [5.41, 5.74) is 6.86. The molecule has 0 atom stereocenters. The molecule has 2 aromatic carbocycles. The number of aliphatic hydroxyl groups excluding tert-OH is 1. The Labute approximate surface area is 163 Å². The van der Waals surface area contributed by atoms with Gasteiger partial charge in [-0.05, 0) is 32.4 Å². The molecule has 0 bridgehead atoms. The fourth-order valence-corrected chi connectivity index (χ4v) is 4.26. The zero-order valence-corrected chi connectivity index (χ0v) is 16.4. The lowest BCUT2D eigenvalue weighted by molar-refractivity contribution is 0.411. The second-order valence-corrected chi connectivity index (χ2v) is 7.81. The minimum absolute atomic E-state index is 0.199. The van der Waals surface area contributed by atoms with Gasteiger partial charge in [-0.25, -0.2) is 4.98 Å². The molecular formula is C22H21N3OS. The highest BCUT2D eigenvalue weighted by molar-refractivity contribution is 7.11. The van der Waals surface area contributed by atoms with E-state index in [1.165, 1.54) is 22.5 Å². The summed E-state index contributed by atoms with van der Waals surface area (Å²) in [4.78, 5) is 6.53. The minimum atomic E-state index is 0.199. The van der Waals surface area contributed by atoms with E-state index in [2.05, 4.69) is 32.0 Å². The minimum Gasteiger partial charge on any atom is -0.510 e. The van der Waals surface area contributed by atoms with E-state index in [-0.39, 0.29) is 5.76 Å². The van der Waals surface area contributed by atoms with Gasteiger partial charge in [0, 0.05) is 16.6 Å². The number of aryl methyl sites for hydroxylation is 3. The summed E-state index contributed by atoms with van der Waals surface area (Å²) in [7, 11) is 0. The maximum atomic E-state index is 10.6. The molecule has 1 aliphatic heterocycles. The van der Waals surface area contributed by atoms with Crippen LogP contribution in [0.5, 0.6) is 0 Å². The van der Waals surface area contributed by atoms with Crippen LogP contribution in [0, 0.1) is 26.2 Å². The number of thiazole rings is 1. The Morgan fingerprint density at radius 2 is 1.74 bits per heavy atom. The van der Waals surface area contributed by atoms with Crippen molar-refractivity contribution in [2.75, 3.05) is 11.4 Å². The average molecular weight is 375 g/mol. The summed E-state index contributed by atoms with van der Waals surface area (Å²) >= 11 is 1.46.